The van der Waals surface area contributed by atoms with Crippen LogP contribution >= 0.6 is 11.3 Å². The zero-order valence-electron chi connectivity index (χ0n) is 17.0. The molecule has 3 aromatic carbocycles. The Morgan fingerprint density at radius 3 is 2.52 bits per heavy atom. The summed E-state index contributed by atoms with van der Waals surface area (Å²) in [5.41, 5.74) is 4.11. The number of benzene rings is 3. The van der Waals surface area contributed by atoms with Crippen LogP contribution in [-0.4, -0.2) is 9.55 Å². The van der Waals surface area contributed by atoms with Crippen molar-refractivity contribution in [3.8, 4) is 22.6 Å². The van der Waals surface area contributed by atoms with Crippen LogP contribution in [0.1, 0.15) is 11.1 Å². The molecule has 0 N–H and O–H groups in total. The highest BCUT2D eigenvalue weighted by atomic mass is 32.1. The molecular weight excluding hydrogens is 404 g/mol. The van der Waals surface area contributed by atoms with Crippen LogP contribution < -0.4 is 10.3 Å². The van der Waals surface area contributed by atoms with Crippen LogP contribution in [0, 0.1) is 6.92 Å². The minimum Gasteiger partial charge on any atom is -0.457 e. The van der Waals surface area contributed by atoms with Crippen molar-refractivity contribution < 1.29 is 4.74 Å². The highest BCUT2D eigenvalue weighted by Gasteiger charge is 2.13. The van der Waals surface area contributed by atoms with Crippen LogP contribution in [0.3, 0.4) is 0 Å². The molecule has 5 aromatic rings. The second-order valence-corrected chi connectivity index (χ2v) is 8.29. The molecule has 31 heavy (non-hydrogen) atoms. The maximum absolute atomic E-state index is 13.3. The Morgan fingerprint density at radius 2 is 1.71 bits per heavy atom. The lowest BCUT2D eigenvalue weighted by Gasteiger charge is -2.09. The van der Waals surface area contributed by atoms with E-state index >= 15 is 0 Å². The Hall–Kier alpha value is -3.70. The summed E-state index contributed by atoms with van der Waals surface area (Å²) in [5.74, 6) is 1.52. The number of para-hydroxylation sites is 1. The summed E-state index contributed by atoms with van der Waals surface area (Å²) in [6, 6.07) is 25.7. The van der Waals surface area contributed by atoms with Crippen LogP contribution in [0.2, 0.25) is 0 Å². The predicted molar refractivity (Wildman–Crippen MR) is 126 cm³/mol. The first-order valence-electron chi connectivity index (χ1n) is 10.0. The lowest BCUT2D eigenvalue weighted by atomic mass is 10.1. The minimum atomic E-state index is -0.0313. The number of aromatic nitrogens is 2. The van der Waals surface area contributed by atoms with E-state index in [1.54, 1.807) is 10.9 Å². The maximum atomic E-state index is 13.3. The van der Waals surface area contributed by atoms with E-state index in [0.717, 1.165) is 33.0 Å². The van der Waals surface area contributed by atoms with Gasteiger partial charge in [-0.05, 0) is 42.3 Å². The molecule has 0 spiro atoms. The van der Waals surface area contributed by atoms with Crippen molar-refractivity contribution in [2.45, 2.75) is 13.5 Å². The monoisotopic (exact) mass is 424 g/mol. The zero-order chi connectivity index (χ0) is 21.2. The third-order valence-electron chi connectivity index (χ3n) is 5.15. The standard InChI is InChI=1S/C26H20N2O2S/c1-18-10-12-20(13-11-18)23-16-31-25-24(23)26(29)28(17-27-25)15-19-6-5-9-22(14-19)30-21-7-3-2-4-8-21/h2-14,16-17H,15H2,1H3. The molecule has 0 fully saturated rings. The quantitative estimate of drug-likeness (QED) is 0.334. The topological polar surface area (TPSA) is 44.1 Å². The van der Waals surface area contributed by atoms with Gasteiger partial charge in [0.15, 0.2) is 0 Å². The Balaban J connectivity index is 1.48. The summed E-state index contributed by atoms with van der Waals surface area (Å²) in [5, 5.41) is 2.69. The second-order valence-electron chi connectivity index (χ2n) is 7.44. The molecule has 0 bridgehead atoms. The highest BCUT2D eigenvalue weighted by Crippen LogP contribution is 2.31. The van der Waals surface area contributed by atoms with E-state index in [9.17, 15) is 4.79 Å². The van der Waals surface area contributed by atoms with Crippen LogP contribution in [0.15, 0.2) is 95.4 Å². The Kier molecular flexibility index (Phi) is 5.10. The third kappa shape index (κ3) is 4.00. The average molecular weight is 425 g/mol. The van der Waals surface area contributed by atoms with Gasteiger partial charge in [-0.1, -0.05) is 60.2 Å². The van der Waals surface area contributed by atoms with Crippen LogP contribution in [0.5, 0.6) is 11.5 Å². The first kappa shape index (κ1) is 19.3. The molecule has 152 valence electrons. The van der Waals surface area contributed by atoms with Gasteiger partial charge in [0.2, 0.25) is 0 Å². The smallest absolute Gasteiger partial charge is 0.263 e. The first-order chi connectivity index (χ1) is 15.2. The first-order valence-corrected chi connectivity index (χ1v) is 10.9. The molecule has 0 aliphatic rings. The van der Waals surface area contributed by atoms with Gasteiger partial charge in [0.05, 0.1) is 18.3 Å². The van der Waals surface area contributed by atoms with Crippen molar-refractivity contribution in [3.05, 3.63) is 112 Å². The van der Waals surface area contributed by atoms with Gasteiger partial charge in [-0.15, -0.1) is 11.3 Å². The molecule has 0 amide bonds. The van der Waals surface area contributed by atoms with Gasteiger partial charge in [-0.2, -0.15) is 0 Å². The van der Waals surface area contributed by atoms with Crippen molar-refractivity contribution in [1.82, 2.24) is 9.55 Å². The summed E-state index contributed by atoms with van der Waals surface area (Å²) in [4.78, 5) is 18.6. The largest absolute Gasteiger partial charge is 0.457 e. The Labute approximate surface area is 184 Å². The third-order valence-corrected chi connectivity index (χ3v) is 6.04. The minimum absolute atomic E-state index is 0.0313. The van der Waals surface area contributed by atoms with E-state index in [4.69, 9.17) is 4.74 Å². The molecule has 2 heterocycles. The van der Waals surface area contributed by atoms with Crippen LogP contribution in [-0.2, 0) is 6.54 Å². The molecule has 4 nitrogen and oxygen atoms in total. The highest BCUT2D eigenvalue weighted by molar-refractivity contribution is 7.17. The van der Waals surface area contributed by atoms with E-state index in [2.05, 4.69) is 36.2 Å². The summed E-state index contributed by atoms with van der Waals surface area (Å²) in [7, 11) is 0. The number of hydrogen-bond donors (Lipinski definition) is 0. The second kappa shape index (κ2) is 8.20. The fourth-order valence-corrected chi connectivity index (χ4v) is 4.46. The molecule has 0 atom stereocenters. The van der Waals surface area contributed by atoms with E-state index in [1.165, 1.54) is 16.9 Å². The van der Waals surface area contributed by atoms with E-state index in [1.807, 2.05) is 60.0 Å². The number of rotatable bonds is 5. The molecule has 5 heteroatoms. The summed E-state index contributed by atoms with van der Waals surface area (Å²) < 4.78 is 7.59. The van der Waals surface area contributed by atoms with Gasteiger partial charge in [-0.3, -0.25) is 9.36 Å². The number of nitrogens with zero attached hydrogens (tertiary/aromatic N) is 2. The number of ether oxygens (including phenoxy) is 1. The molecule has 0 saturated carbocycles. The Bertz CT molecular complexity index is 1400. The molecule has 0 aliphatic heterocycles. The normalized spacial score (nSPS) is 11.0. The van der Waals surface area contributed by atoms with Gasteiger partial charge >= 0.3 is 0 Å². The number of fused-ring (bicyclic) bond motifs is 1. The number of thiophene rings is 1. The van der Waals surface area contributed by atoms with E-state index in [0.29, 0.717) is 11.9 Å². The average Bonchev–Trinajstić information content (AvgIpc) is 3.22. The van der Waals surface area contributed by atoms with Gasteiger partial charge in [0.25, 0.3) is 5.56 Å². The molecule has 5 rings (SSSR count). The molecule has 0 saturated heterocycles. The lowest BCUT2D eigenvalue weighted by Crippen LogP contribution is -2.21. The fourth-order valence-electron chi connectivity index (χ4n) is 3.55. The van der Waals surface area contributed by atoms with Gasteiger partial charge < -0.3 is 4.74 Å². The molecular formula is C26H20N2O2S. The van der Waals surface area contributed by atoms with Crippen molar-refractivity contribution >= 4 is 21.6 Å². The Morgan fingerprint density at radius 1 is 0.935 bits per heavy atom. The fraction of sp³-hybridized carbons (Fsp3) is 0.0769. The van der Waals surface area contributed by atoms with E-state index in [-0.39, 0.29) is 5.56 Å². The van der Waals surface area contributed by atoms with Gasteiger partial charge in [-0.25, -0.2) is 4.98 Å². The van der Waals surface area contributed by atoms with Crippen molar-refractivity contribution in [2.24, 2.45) is 0 Å². The predicted octanol–water partition coefficient (Wildman–Crippen LogP) is 6.27. The molecule has 0 unspecified atom stereocenters. The van der Waals surface area contributed by atoms with Crippen molar-refractivity contribution in [3.63, 3.8) is 0 Å². The maximum Gasteiger partial charge on any atom is 0.263 e. The van der Waals surface area contributed by atoms with E-state index < -0.39 is 0 Å². The van der Waals surface area contributed by atoms with Gasteiger partial charge in [0.1, 0.15) is 16.3 Å². The van der Waals surface area contributed by atoms with Crippen LogP contribution in [0.4, 0.5) is 0 Å². The summed E-state index contributed by atoms with van der Waals surface area (Å²) in [6.07, 6.45) is 1.63. The van der Waals surface area contributed by atoms with Crippen molar-refractivity contribution in [2.75, 3.05) is 0 Å². The molecule has 0 aliphatic carbocycles. The lowest BCUT2D eigenvalue weighted by molar-refractivity contribution is 0.481. The zero-order valence-corrected chi connectivity index (χ0v) is 17.8. The molecule has 2 aromatic heterocycles. The molecule has 0 radical (unpaired) electrons. The van der Waals surface area contributed by atoms with Gasteiger partial charge in [0, 0.05) is 10.9 Å². The number of hydrogen-bond acceptors (Lipinski definition) is 4. The SMILES string of the molecule is Cc1ccc(-c2csc3ncn(Cc4cccc(Oc5ccccc5)c4)c(=O)c23)cc1. The van der Waals surface area contributed by atoms with Crippen molar-refractivity contribution in [1.29, 1.82) is 0 Å². The number of aryl methyl sites for hydroxylation is 1. The summed E-state index contributed by atoms with van der Waals surface area (Å²) in [6.45, 7) is 2.48. The van der Waals surface area contributed by atoms with Crippen LogP contribution in [0.25, 0.3) is 21.3 Å². The summed E-state index contributed by atoms with van der Waals surface area (Å²) >= 11 is 1.50.